The standard InChI is InChI=1S/C12H23N3O2.ClH/c1-9(8-14-2)10(16)15-12(11(13)17)6-4-3-5-7-12;/h9,14H,3-8H2,1-2H3,(H2,13,17)(H,15,16);1H. The maximum Gasteiger partial charge on any atom is 0.243 e. The molecule has 1 aliphatic rings. The van der Waals surface area contributed by atoms with Crippen molar-refractivity contribution in [3.05, 3.63) is 0 Å². The van der Waals surface area contributed by atoms with E-state index in [1.807, 2.05) is 6.92 Å². The molecule has 0 aliphatic heterocycles. The van der Waals surface area contributed by atoms with Gasteiger partial charge in [0.05, 0.1) is 0 Å². The van der Waals surface area contributed by atoms with E-state index in [1.165, 1.54) is 0 Å². The van der Waals surface area contributed by atoms with Crippen LogP contribution in [0.15, 0.2) is 0 Å². The van der Waals surface area contributed by atoms with E-state index in [2.05, 4.69) is 10.6 Å². The van der Waals surface area contributed by atoms with E-state index in [-0.39, 0.29) is 24.2 Å². The number of hydrogen-bond donors (Lipinski definition) is 3. The van der Waals surface area contributed by atoms with Crippen LogP contribution in [0.5, 0.6) is 0 Å². The Morgan fingerprint density at radius 1 is 1.28 bits per heavy atom. The lowest BCUT2D eigenvalue weighted by atomic mass is 9.80. The largest absolute Gasteiger partial charge is 0.368 e. The molecule has 0 heterocycles. The first kappa shape index (κ1) is 17.2. The topological polar surface area (TPSA) is 84.2 Å². The van der Waals surface area contributed by atoms with Crippen molar-refractivity contribution in [2.45, 2.75) is 44.6 Å². The monoisotopic (exact) mass is 277 g/mol. The molecule has 0 saturated heterocycles. The van der Waals surface area contributed by atoms with Gasteiger partial charge in [-0.1, -0.05) is 26.2 Å². The summed E-state index contributed by atoms with van der Waals surface area (Å²) in [5.74, 6) is -0.652. The number of carbonyl (C=O) groups excluding carboxylic acids is 2. The third-order valence-electron chi connectivity index (χ3n) is 3.50. The van der Waals surface area contributed by atoms with Crippen molar-refractivity contribution in [3.8, 4) is 0 Å². The maximum absolute atomic E-state index is 12.0. The molecule has 18 heavy (non-hydrogen) atoms. The van der Waals surface area contributed by atoms with E-state index in [4.69, 9.17) is 5.73 Å². The Bertz CT molecular complexity index is 291. The number of halogens is 1. The third-order valence-corrected chi connectivity index (χ3v) is 3.50. The zero-order valence-corrected chi connectivity index (χ0v) is 11.9. The van der Waals surface area contributed by atoms with Gasteiger partial charge in [0.1, 0.15) is 5.54 Å². The number of nitrogens with two attached hydrogens (primary N) is 1. The summed E-state index contributed by atoms with van der Waals surface area (Å²) in [7, 11) is 1.80. The second kappa shape index (κ2) is 7.59. The Labute approximate surface area is 115 Å². The van der Waals surface area contributed by atoms with Crippen molar-refractivity contribution in [3.63, 3.8) is 0 Å². The Balaban J connectivity index is 0.00000289. The van der Waals surface area contributed by atoms with Crippen LogP contribution in [0, 0.1) is 5.92 Å². The summed E-state index contributed by atoms with van der Waals surface area (Å²) >= 11 is 0. The number of nitrogens with one attached hydrogen (secondary N) is 2. The van der Waals surface area contributed by atoms with Gasteiger partial charge in [0.2, 0.25) is 11.8 Å². The average Bonchev–Trinajstić information content (AvgIpc) is 2.30. The molecule has 1 saturated carbocycles. The minimum absolute atomic E-state index is 0. The molecule has 1 fully saturated rings. The molecule has 4 N–H and O–H groups in total. The number of carbonyl (C=O) groups is 2. The predicted octanol–water partition coefficient (Wildman–Crippen LogP) is 0.568. The van der Waals surface area contributed by atoms with Gasteiger partial charge in [-0.15, -0.1) is 12.4 Å². The van der Waals surface area contributed by atoms with E-state index in [0.717, 1.165) is 19.3 Å². The normalized spacial score (nSPS) is 19.4. The SMILES string of the molecule is CNCC(C)C(=O)NC1(C(N)=O)CCCCC1.Cl. The molecular formula is C12H24ClN3O2. The van der Waals surface area contributed by atoms with Crippen LogP contribution in [0.25, 0.3) is 0 Å². The summed E-state index contributed by atoms with van der Waals surface area (Å²) in [6, 6.07) is 0. The second-order valence-corrected chi connectivity index (χ2v) is 4.95. The van der Waals surface area contributed by atoms with Gasteiger partial charge in [-0.2, -0.15) is 0 Å². The van der Waals surface area contributed by atoms with Gasteiger partial charge in [0.15, 0.2) is 0 Å². The lowest BCUT2D eigenvalue weighted by molar-refractivity contribution is -0.134. The van der Waals surface area contributed by atoms with Crippen LogP contribution in [0.4, 0.5) is 0 Å². The fourth-order valence-corrected chi connectivity index (χ4v) is 2.35. The fourth-order valence-electron chi connectivity index (χ4n) is 2.35. The zero-order chi connectivity index (χ0) is 12.9. The quantitative estimate of drug-likeness (QED) is 0.687. The van der Waals surface area contributed by atoms with Gasteiger partial charge in [0.25, 0.3) is 0 Å². The van der Waals surface area contributed by atoms with E-state index in [0.29, 0.717) is 19.4 Å². The first-order chi connectivity index (χ1) is 8.02. The zero-order valence-electron chi connectivity index (χ0n) is 11.1. The van der Waals surface area contributed by atoms with Crippen LogP contribution in [0.2, 0.25) is 0 Å². The maximum atomic E-state index is 12.0. The fraction of sp³-hybridized carbons (Fsp3) is 0.833. The number of primary amides is 1. The Morgan fingerprint density at radius 2 is 1.83 bits per heavy atom. The summed E-state index contributed by atoms with van der Waals surface area (Å²) in [6.45, 7) is 2.43. The molecule has 1 aliphatic carbocycles. The highest BCUT2D eigenvalue weighted by Crippen LogP contribution is 2.28. The molecule has 0 aromatic carbocycles. The van der Waals surface area contributed by atoms with Crippen LogP contribution < -0.4 is 16.4 Å². The van der Waals surface area contributed by atoms with Gasteiger partial charge >= 0.3 is 0 Å². The summed E-state index contributed by atoms with van der Waals surface area (Å²) < 4.78 is 0. The summed E-state index contributed by atoms with van der Waals surface area (Å²) in [4.78, 5) is 23.5. The van der Waals surface area contributed by atoms with Gasteiger partial charge in [-0.25, -0.2) is 0 Å². The van der Waals surface area contributed by atoms with E-state index in [9.17, 15) is 9.59 Å². The van der Waals surface area contributed by atoms with Gasteiger partial charge in [0, 0.05) is 12.5 Å². The van der Waals surface area contributed by atoms with Crippen molar-refractivity contribution in [1.82, 2.24) is 10.6 Å². The molecule has 6 heteroatoms. The lowest BCUT2D eigenvalue weighted by Gasteiger charge is -2.35. The molecule has 5 nitrogen and oxygen atoms in total. The smallest absolute Gasteiger partial charge is 0.243 e. The minimum Gasteiger partial charge on any atom is -0.368 e. The van der Waals surface area contributed by atoms with Crippen LogP contribution in [-0.2, 0) is 9.59 Å². The van der Waals surface area contributed by atoms with E-state index >= 15 is 0 Å². The van der Waals surface area contributed by atoms with E-state index in [1.54, 1.807) is 7.05 Å². The molecule has 0 aromatic rings. The van der Waals surface area contributed by atoms with Gasteiger partial charge in [-0.05, 0) is 19.9 Å². The number of hydrogen-bond acceptors (Lipinski definition) is 3. The molecule has 0 bridgehead atoms. The van der Waals surface area contributed by atoms with Crippen molar-refractivity contribution < 1.29 is 9.59 Å². The summed E-state index contributed by atoms with van der Waals surface area (Å²) in [6.07, 6.45) is 4.34. The van der Waals surface area contributed by atoms with Gasteiger partial charge in [-0.3, -0.25) is 9.59 Å². The molecule has 0 aromatic heterocycles. The van der Waals surface area contributed by atoms with Crippen molar-refractivity contribution in [1.29, 1.82) is 0 Å². The minimum atomic E-state index is -0.808. The Kier molecular flexibility index (Phi) is 7.25. The van der Waals surface area contributed by atoms with Crippen LogP contribution in [0.1, 0.15) is 39.0 Å². The predicted molar refractivity (Wildman–Crippen MR) is 73.5 cm³/mol. The molecule has 1 rings (SSSR count). The average molecular weight is 278 g/mol. The number of amides is 2. The van der Waals surface area contributed by atoms with Crippen molar-refractivity contribution in [2.24, 2.45) is 11.7 Å². The van der Waals surface area contributed by atoms with Crippen LogP contribution in [-0.4, -0.2) is 30.9 Å². The molecule has 0 radical (unpaired) electrons. The Hall–Kier alpha value is -0.810. The van der Waals surface area contributed by atoms with Crippen molar-refractivity contribution >= 4 is 24.2 Å². The molecule has 2 amide bonds. The lowest BCUT2D eigenvalue weighted by Crippen LogP contribution is -2.59. The summed E-state index contributed by atoms with van der Waals surface area (Å²) in [5, 5.41) is 5.81. The van der Waals surface area contributed by atoms with Crippen molar-refractivity contribution in [2.75, 3.05) is 13.6 Å². The first-order valence-corrected chi connectivity index (χ1v) is 6.28. The molecular weight excluding hydrogens is 254 g/mol. The number of rotatable bonds is 5. The summed E-state index contributed by atoms with van der Waals surface area (Å²) in [5.41, 5.74) is 4.65. The van der Waals surface area contributed by atoms with Crippen LogP contribution >= 0.6 is 12.4 Å². The first-order valence-electron chi connectivity index (χ1n) is 6.28. The molecule has 1 atom stereocenters. The Morgan fingerprint density at radius 3 is 2.28 bits per heavy atom. The van der Waals surface area contributed by atoms with Crippen LogP contribution in [0.3, 0.4) is 0 Å². The third kappa shape index (κ3) is 4.14. The van der Waals surface area contributed by atoms with E-state index < -0.39 is 11.4 Å². The highest BCUT2D eigenvalue weighted by Gasteiger charge is 2.39. The molecule has 106 valence electrons. The highest BCUT2D eigenvalue weighted by atomic mass is 35.5. The molecule has 1 unspecified atom stereocenters. The molecule has 0 spiro atoms. The van der Waals surface area contributed by atoms with Gasteiger partial charge < -0.3 is 16.4 Å². The second-order valence-electron chi connectivity index (χ2n) is 4.95. The highest BCUT2D eigenvalue weighted by molar-refractivity contribution is 5.91.